The largest absolute Gasteiger partial charge is 0.597 e. The van der Waals surface area contributed by atoms with Crippen LogP contribution < -0.4 is 9.21 Å². The van der Waals surface area contributed by atoms with Gasteiger partial charge < -0.3 is 10.0 Å². The van der Waals surface area contributed by atoms with Crippen molar-refractivity contribution in [2.45, 2.75) is 18.0 Å². The van der Waals surface area contributed by atoms with Crippen molar-refractivity contribution in [3.63, 3.8) is 0 Å². The molecule has 3 aromatic carbocycles. The lowest BCUT2D eigenvalue weighted by atomic mass is 10.1. The molecular formula is C23H21N5O7S. The first-order valence-corrected chi connectivity index (χ1v) is 12.0. The summed E-state index contributed by atoms with van der Waals surface area (Å²) < 4.78 is 28.9. The van der Waals surface area contributed by atoms with Gasteiger partial charge in [-0.25, -0.2) is 12.7 Å². The minimum Gasteiger partial charge on any atom is -0.597 e. The van der Waals surface area contributed by atoms with Crippen LogP contribution >= 0.6 is 0 Å². The van der Waals surface area contributed by atoms with Gasteiger partial charge in [-0.1, -0.05) is 42.0 Å². The number of carbonyl (C=O) groups is 1. The maximum absolute atomic E-state index is 13.9. The number of anilines is 2. The summed E-state index contributed by atoms with van der Waals surface area (Å²) in [6, 6.07) is 17.8. The molecule has 4 rings (SSSR count). The average Bonchev–Trinajstić information content (AvgIpc) is 3.21. The van der Waals surface area contributed by atoms with E-state index in [1.54, 1.807) is 24.3 Å². The van der Waals surface area contributed by atoms with E-state index in [4.69, 9.17) is 0 Å². The molecule has 0 fully saturated rings. The number of nitro benzene ring substituents is 1. The molecule has 1 atom stereocenters. The lowest BCUT2D eigenvalue weighted by Crippen LogP contribution is -2.44. The highest BCUT2D eigenvalue weighted by molar-refractivity contribution is 7.92. The lowest BCUT2D eigenvalue weighted by Gasteiger charge is -2.31. The molecule has 13 heteroatoms. The zero-order valence-corrected chi connectivity index (χ0v) is 20.0. The van der Waals surface area contributed by atoms with Crippen molar-refractivity contribution < 1.29 is 27.8 Å². The summed E-state index contributed by atoms with van der Waals surface area (Å²) in [5.41, 5.74) is 1.10. The summed E-state index contributed by atoms with van der Waals surface area (Å²) in [6.45, 7) is 1.03. The highest BCUT2D eigenvalue weighted by Gasteiger charge is 2.47. The Hall–Kier alpha value is -4.52. The van der Waals surface area contributed by atoms with Gasteiger partial charge in [0.15, 0.2) is 11.4 Å². The van der Waals surface area contributed by atoms with Crippen LogP contribution in [0.25, 0.3) is 0 Å². The highest BCUT2D eigenvalue weighted by Crippen LogP contribution is 2.49. The van der Waals surface area contributed by atoms with Gasteiger partial charge in [-0.05, 0) is 36.0 Å². The Morgan fingerprint density at radius 3 is 2.33 bits per heavy atom. The van der Waals surface area contributed by atoms with Crippen molar-refractivity contribution in [2.75, 3.05) is 22.9 Å². The number of benzene rings is 3. The predicted molar refractivity (Wildman–Crippen MR) is 129 cm³/mol. The number of non-ortho nitro benzene ring substituents is 1. The van der Waals surface area contributed by atoms with Gasteiger partial charge in [0.1, 0.15) is 7.11 Å². The first-order chi connectivity index (χ1) is 17.1. The zero-order chi connectivity index (χ0) is 26.0. The molecule has 1 aliphatic rings. The second-order valence-corrected chi connectivity index (χ2v) is 9.68. The number of nitro groups is 1. The number of aryl methyl sites for hydroxylation is 1. The second kappa shape index (κ2) is 9.62. The number of hydrogen-bond acceptors (Lipinski definition) is 8. The van der Waals surface area contributed by atoms with Gasteiger partial charge in [0.2, 0.25) is 0 Å². The van der Waals surface area contributed by atoms with E-state index in [1.165, 1.54) is 48.5 Å². The van der Waals surface area contributed by atoms with Gasteiger partial charge in [0, 0.05) is 17.7 Å². The summed E-state index contributed by atoms with van der Waals surface area (Å²) in [5, 5.41) is 26.6. The standard InChI is InChI=1S/C23H21N5O7S/c1-16-10-12-19(13-11-16)36(33,34)27-21-9-4-3-8-20(21)26(22(29)15-25(30)24-35-2)23(27)17-6-5-7-18(14-17)28(31)32/h3-14,23H,15H2,1-2H3/b25-24-. The van der Waals surface area contributed by atoms with Crippen LogP contribution in [-0.4, -0.2) is 37.8 Å². The van der Waals surface area contributed by atoms with E-state index in [0.717, 1.165) is 21.9 Å². The van der Waals surface area contributed by atoms with E-state index in [2.05, 4.69) is 10.1 Å². The topological polar surface area (TPSA) is 148 Å². The van der Waals surface area contributed by atoms with Crippen molar-refractivity contribution in [3.8, 4) is 0 Å². The maximum Gasteiger partial charge on any atom is 0.298 e. The fourth-order valence-electron chi connectivity index (χ4n) is 3.97. The molecule has 36 heavy (non-hydrogen) atoms. The van der Waals surface area contributed by atoms with Crippen molar-refractivity contribution in [2.24, 2.45) is 5.28 Å². The molecule has 3 aromatic rings. The fourth-order valence-corrected chi connectivity index (χ4v) is 5.57. The summed E-state index contributed by atoms with van der Waals surface area (Å²) >= 11 is 0. The molecule has 0 saturated heterocycles. The van der Waals surface area contributed by atoms with Crippen molar-refractivity contribution in [1.29, 1.82) is 0 Å². The van der Waals surface area contributed by atoms with Crippen LogP contribution in [0.1, 0.15) is 17.3 Å². The third-order valence-electron chi connectivity index (χ3n) is 5.51. The third kappa shape index (κ3) is 4.43. The fraction of sp³-hybridized carbons (Fsp3) is 0.174. The average molecular weight is 512 g/mol. The number of para-hydroxylation sites is 2. The third-order valence-corrected chi connectivity index (χ3v) is 7.30. The van der Waals surface area contributed by atoms with Crippen LogP contribution in [0.15, 0.2) is 83.0 Å². The summed E-state index contributed by atoms with van der Waals surface area (Å²) in [5.74, 6) is -0.795. The molecule has 0 aliphatic carbocycles. The van der Waals surface area contributed by atoms with Crippen LogP contribution in [-0.2, 0) is 19.7 Å². The van der Waals surface area contributed by atoms with Crippen LogP contribution in [0.4, 0.5) is 17.1 Å². The molecule has 1 amide bonds. The smallest absolute Gasteiger partial charge is 0.298 e. The van der Waals surface area contributed by atoms with Crippen molar-refractivity contribution in [3.05, 3.63) is 99.2 Å². The monoisotopic (exact) mass is 511 g/mol. The maximum atomic E-state index is 13.9. The van der Waals surface area contributed by atoms with E-state index in [0.29, 0.717) is 0 Å². The quantitative estimate of drug-likeness (QED) is 0.203. The van der Waals surface area contributed by atoms with Crippen LogP contribution in [0.5, 0.6) is 0 Å². The van der Waals surface area contributed by atoms with Crippen LogP contribution in [0.2, 0.25) is 0 Å². The normalized spacial score (nSPS) is 15.5. The van der Waals surface area contributed by atoms with Gasteiger partial charge in [-0.15, -0.1) is 0 Å². The number of carbonyl (C=O) groups excluding carboxylic acids is 1. The lowest BCUT2D eigenvalue weighted by molar-refractivity contribution is -0.546. The number of hydrogen-bond donors (Lipinski definition) is 0. The minimum atomic E-state index is -4.27. The van der Waals surface area contributed by atoms with E-state index in [9.17, 15) is 28.5 Å². The molecule has 0 N–H and O–H groups in total. The predicted octanol–water partition coefficient (Wildman–Crippen LogP) is 3.67. The summed E-state index contributed by atoms with van der Waals surface area (Å²) in [6.07, 6.45) is -1.35. The molecule has 0 bridgehead atoms. The molecule has 0 radical (unpaired) electrons. The summed E-state index contributed by atoms with van der Waals surface area (Å²) in [4.78, 5) is 29.7. The van der Waals surface area contributed by atoms with Gasteiger partial charge in [-0.3, -0.25) is 19.8 Å². The number of nitrogens with zero attached hydrogens (tertiary/aromatic N) is 5. The molecule has 1 heterocycles. The van der Waals surface area contributed by atoms with Gasteiger partial charge in [-0.2, -0.15) is 0 Å². The first kappa shape index (κ1) is 24.6. The molecule has 0 spiro atoms. The second-order valence-electron chi connectivity index (χ2n) is 7.87. The van der Waals surface area contributed by atoms with Gasteiger partial charge >= 0.3 is 0 Å². The molecule has 0 aromatic heterocycles. The van der Waals surface area contributed by atoms with Crippen molar-refractivity contribution in [1.82, 2.24) is 0 Å². The molecule has 0 saturated carbocycles. The van der Waals surface area contributed by atoms with Gasteiger partial charge in [0.25, 0.3) is 28.2 Å². The SMILES string of the molecule is CO/N=[N+](\[O-])CC(=O)N1c2ccccc2N(S(=O)(=O)c2ccc(C)cc2)C1c1cccc([N+](=O)[O-])c1. The minimum absolute atomic E-state index is 0.0204. The summed E-state index contributed by atoms with van der Waals surface area (Å²) in [7, 11) is -3.13. The molecule has 186 valence electrons. The van der Waals surface area contributed by atoms with Gasteiger partial charge in [0.05, 0.1) is 21.2 Å². The van der Waals surface area contributed by atoms with E-state index >= 15 is 0 Å². The Balaban J connectivity index is 1.95. The first-order valence-electron chi connectivity index (χ1n) is 10.6. The number of amides is 1. The van der Waals surface area contributed by atoms with E-state index in [-0.39, 0.29) is 32.4 Å². The molecule has 1 unspecified atom stereocenters. The molecular weight excluding hydrogens is 490 g/mol. The number of rotatable bonds is 7. The number of hydroxylamine groups is 1. The van der Waals surface area contributed by atoms with Crippen molar-refractivity contribution >= 4 is 33.0 Å². The zero-order valence-electron chi connectivity index (χ0n) is 19.2. The van der Waals surface area contributed by atoms with Crippen LogP contribution in [0, 0.1) is 22.2 Å². The van der Waals surface area contributed by atoms with E-state index < -0.39 is 33.6 Å². The highest BCUT2D eigenvalue weighted by atomic mass is 32.2. The Labute approximate surface area is 206 Å². The molecule has 1 aliphatic heterocycles. The Morgan fingerprint density at radius 1 is 1.03 bits per heavy atom. The Bertz CT molecular complexity index is 1460. The Kier molecular flexibility index (Phi) is 6.57. The Morgan fingerprint density at radius 2 is 1.69 bits per heavy atom. The van der Waals surface area contributed by atoms with Crippen LogP contribution in [0.3, 0.4) is 0 Å². The van der Waals surface area contributed by atoms with E-state index in [1.807, 2.05) is 6.92 Å². The molecule has 12 nitrogen and oxygen atoms in total. The number of sulfonamides is 1. The number of fused-ring (bicyclic) bond motifs is 1.